The van der Waals surface area contributed by atoms with Gasteiger partial charge in [-0.1, -0.05) is 51.1 Å². The zero-order valence-electron chi connectivity index (χ0n) is 15.8. The number of amides is 2. The monoisotopic (exact) mass is 342 g/mol. The van der Waals surface area contributed by atoms with Crippen LogP contribution in [0.5, 0.6) is 0 Å². The summed E-state index contributed by atoms with van der Waals surface area (Å²) in [6.07, 6.45) is 3.76. The summed E-state index contributed by atoms with van der Waals surface area (Å²) in [5.41, 5.74) is 1.68. The summed E-state index contributed by atoms with van der Waals surface area (Å²) in [7, 11) is 0. The Kier molecular flexibility index (Phi) is 6.40. The van der Waals surface area contributed by atoms with Crippen LogP contribution in [0, 0.1) is 11.3 Å². The highest BCUT2D eigenvalue weighted by molar-refractivity contribution is 5.94. The summed E-state index contributed by atoms with van der Waals surface area (Å²) in [6.45, 7) is 9.85. The maximum absolute atomic E-state index is 12.6. The van der Waals surface area contributed by atoms with Crippen LogP contribution in [0.3, 0.4) is 0 Å². The quantitative estimate of drug-likeness (QED) is 0.852. The molecule has 0 saturated carbocycles. The molecule has 1 aromatic rings. The number of piperidine rings is 1. The van der Waals surface area contributed by atoms with E-state index in [-0.39, 0.29) is 17.2 Å². The van der Waals surface area contributed by atoms with E-state index in [0.29, 0.717) is 19.0 Å². The molecular formula is C21H30N2O2. The molecular weight excluding hydrogens is 312 g/mol. The summed E-state index contributed by atoms with van der Waals surface area (Å²) < 4.78 is 0. The molecule has 1 fully saturated rings. The van der Waals surface area contributed by atoms with E-state index in [1.54, 1.807) is 6.08 Å². The molecule has 1 atom stereocenters. The predicted molar refractivity (Wildman–Crippen MR) is 102 cm³/mol. The molecule has 1 heterocycles. The maximum Gasteiger partial charge on any atom is 0.246 e. The van der Waals surface area contributed by atoms with Crippen LogP contribution in [0.1, 0.15) is 46.1 Å². The minimum atomic E-state index is -0.375. The second-order valence-electron chi connectivity index (χ2n) is 7.95. The number of nitrogens with zero attached hydrogens (tertiary/aromatic N) is 1. The van der Waals surface area contributed by atoms with E-state index >= 15 is 0 Å². The van der Waals surface area contributed by atoms with E-state index < -0.39 is 0 Å². The van der Waals surface area contributed by atoms with Gasteiger partial charge < -0.3 is 10.2 Å². The van der Waals surface area contributed by atoms with Crippen molar-refractivity contribution in [2.75, 3.05) is 19.6 Å². The molecule has 4 heteroatoms. The lowest BCUT2D eigenvalue weighted by molar-refractivity contribution is -0.129. The third-order valence-electron chi connectivity index (χ3n) is 4.63. The molecule has 0 bridgehead atoms. The standard InChI is InChI=1S/C21H30N2O2/c1-16(18-10-6-5-7-11-18)13-19(24)23-12-8-9-17(15-23)14-22-20(25)21(2,3)4/h5-7,10-11,13,17H,8-9,12,14-15H2,1-4H3,(H,22,25)/b16-13+/t17-/m0/s1. The fourth-order valence-electron chi connectivity index (χ4n) is 2.99. The molecule has 0 aliphatic carbocycles. The molecule has 25 heavy (non-hydrogen) atoms. The van der Waals surface area contributed by atoms with E-state index in [9.17, 15) is 9.59 Å². The highest BCUT2D eigenvalue weighted by atomic mass is 16.2. The molecule has 0 spiro atoms. The van der Waals surface area contributed by atoms with Crippen LogP contribution in [0.25, 0.3) is 5.57 Å². The van der Waals surface area contributed by atoms with Gasteiger partial charge in [-0.05, 0) is 36.8 Å². The SMILES string of the molecule is C/C(=C\C(=O)N1CCC[C@@H](CNC(=O)C(C)(C)C)C1)c1ccccc1. The molecule has 0 radical (unpaired) electrons. The first-order valence-electron chi connectivity index (χ1n) is 9.08. The number of carbonyl (C=O) groups is 2. The van der Waals surface area contributed by atoms with Crippen molar-refractivity contribution in [3.05, 3.63) is 42.0 Å². The lowest BCUT2D eigenvalue weighted by atomic mass is 9.94. The van der Waals surface area contributed by atoms with Gasteiger partial charge in [-0.3, -0.25) is 9.59 Å². The molecule has 4 nitrogen and oxygen atoms in total. The molecule has 0 aromatic heterocycles. The number of benzene rings is 1. The molecule has 1 aliphatic heterocycles. The van der Waals surface area contributed by atoms with E-state index in [1.165, 1.54) is 0 Å². The number of carbonyl (C=O) groups excluding carboxylic acids is 2. The van der Waals surface area contributed by atoms with E-state index in [0.717, 1.165) is 30.5 Å². The maximum atomic E-state index is 12.6. The Morgan fingerprint density at radius 2 is 1.92 bits per heavy atom. The minimum Gasteiger partial charge on any atom is -0.355 e. The zero-order valence-corrected chi connectivity index (χ0v) is 15.8. The lowest BCUT2D eigenvalue weighted by Crippen LogP contribution is -2.45. The molecule has 1 aliphatic rings. The molecule has 0 unspecified atom stereocenters. The van der Waals surface area contributed by atoms with Crippen molar-refractivity contribution in [1.29, 1.82) is 0 Å². The number of nitrogens with one attached hydrogen (secondary N) is 1. The van der Waals surface area contributed by atoms with Crippen molar-refractivity contribution in [3.63, 3.8) is 0 Å². The average Bonchev–Trinajstić information content (AvgIpc) is 2.59. The first kappa shape index (κ1) is 19.2. The Hall–Kier alpha value is -2.10. The summed E-state index contributed by atoms with van der Waals surface area (Å²) >= 11 is 0. The van der Waals surface area contributed by atoms with Gasteiger partial charge in [-0.2, -0.15) is 0 Å². The van der Waals surface area contributed by atoms with Gasteiger partial charge in [0.15, 0.2) is 0 Å². The Morgan fingerprint density at radius 3 is 2.56 bits per heavy atom. The normalized spacial score (nSPS) is 18.8. The average molecular weight is 342 g/mol. The van der Waals surface area contributed by atoms with Crippen molar-refractivity contribution in [2.45, 2.75) is 40.5 Å². The van der Waals surface area contributed by atoms with E-state index in [4.69, 9.17) is 0 Å². The van der Waals surface area contributed by atoms with E-state index in [1.807, 2.05) is 62.9 Å². The van der Waals surface area contributed by atoms with Gasteiger partial charge in [0.05, 0.1) is 0 Å². The first-order chi connectivity index (χ1) is 11.8. The minimum absolute atomic E-state index is 0.0631. The molecule has 1 saturated heterocycles. The topological polar surface area (TPSA) is 49.4 Å². The molecule has 136 valence electrons. The van der Waals surface area contributed by atoms with Crippen LogP contribution < -0.4 is 5.32 Å². The highest BCUT2D eigenvalue weighted by Crippen LogP contribution is 2.19. The van der Waals surface area contributed by atoms with Gasteiger partial charge in [-0.25, -0.2) is 0 Å². The smallest absolute Gasteiger partial charge is 0.246 e. The number of hydrogen-bond donors (Lipinski definition) is 1. The molecule has 1 aromatic carbocycles. The second kappa shape index (κ2) is 8.32. The van der Waals surface area contributed by atoms with Crippen LogP contribution in [0.4, 0.5) is 0 Å². The predicted octanol–water partition coefficient (Wildman–Crippen LogP) is 3.49. The van der Waals surface area contributed by atoms with Crippen molar-refractivity contribution >= 4 is 17.4 Å². The lowest BCUT2D eigenvalue weighted by Gasteiger charge is -2.33. The number of allylic oxidation sites excluding steroid dienone is 1. The van der Waals surface area contributed by atoms with Gasteiger partial charge in [0.1, 0.15) is 0 Å². The van der Waals surface area contributed by atoms with Crippen molar-refractivity contribution in [1.82, 2.24) is 10.2 Å². The Bertz CT molecular complexity index is 629. The number of rotatable bonds is 4. The van der Waals surface area contributed by atoms with Gasteiger partial charge in [0.2, 0.25) is 11.8 Å². The van der Waals surface area contributed by atoms with Crippen LogP contribution in [0.2, 0.25) is 0 Å². The number of likely N-dealkylation sites (tertiary alicyclic amines) is 1. The first-order valence-corrected chi connectivity index (χ1v) is 9.08. The Labute approximate surface area is 151 Å². The van der Waals surface area contributed by atoms with Crippen molar-refractivity contribution < 1.29 is 9.59 Å². The second-order valence-corrected chi connectivity index (χ2v) is 7.95. The van der Waals surface area contributed by atoms with Crippen LogP contribution in [-0.2, 0) is 9.59 Å². The molecule has 2 rings (SSSR count). The summed E-state index contributed by atoms with van der Waals surface area (Å²) in [5, 5.41) is 3.03. The summed E-state index contributed by atoms with van der Waals surface area (Å²) in [6, 6.07) is 9.96. The third kappa shape index (κ3) is 5.73. The largest absolute Gasteiger partial charge is 0.355 e. The summed E-state index contributed by atoms with van der Waals surface area (Å²) in [5.74, 6) is 0.457. The zero-order chi connectivity index (χ0) is 18.4. The van der Waals surface area contributed by atoms with Crippen molar-refractivity contribution in [3.8, 4) is 0 Å². The summed E-state index contributed by atoms with van der Waals surface area (Å²) in [4.78, 5) is 26.5. The number of hydrogen-bond acceptors (Lipinski definition) is 2. The van der Waals surface area contributed by atoms with E-state index in [2.05, 4.69) is 5.32 Å². The molecule has 1 N–H and O–H groups in total. The van der Waals surface area contributed by atoms with Crippen LogP contribution in [-0.4, -0.2) is 36.3 Å². The third-order valence-corrected chi connectivity index (χ3v) is 4.63. The van der Waals surface area contributed by atoms with Gasteiger partial charge in [-0.15, -0.1) is 0 Å². The van der Waals surface area contributed by atoms with Gasteiger partial charge in [0.25, 0.3) is 0 Å². The highest BCUT2D eigenvalue weighted by Gasteiger charge is 2.25. The van der Waals surface area contributed by atoms with Crippen LogP contribution in [0.15, 0.2) is 36.4 Å². The van der Waals surface area contributed by atoms with Crippen molar-refractivity contribution in [2.24, 2.45) is 11.3 Å². The van der Waals surface area contributed by atoms with Gasteiger partial charge in [0, 0.05) is 31.1 Å². The Balaban J connectivity index is 1.92. The Morgan fingerprint density at radius 1 is 1.24 bits per heavy atom. The van der Waals surface area contributed by atoms with Gasteiger partial charge >= 0.3 is 0 Å². The van der Waals surface area contributed by atoms with Crippen LogP contribution >= 0.6 is 0 Å². The fourth-order valence-corrected chi connectivity index (χ4v) is 2.99. The fraction of sp³-hybridized carbons (Fsp3) is 0.524. The molecule has 2 amide bonds.